The molecule has 1 fully saturated rings. The highest BCUT2D eigenvalue weighted by Crippen LogP contribution is 2.46. The first-order chi connectivity index (χ1) is 17.2. The van der Waals surface area contributed by atoms with Gasteiger partial charge in [0.05, 0.1) is 29.4 Å². The Kier molecular flexibility index (Phi) is 5.98. The van der Waals surface area contributed by atoms with Crippen LogP contribution in [0.4, 0.5) is 5.13 Å². The lowest BCUT2D eigenvalue weighted by Gasteiger charge is -2.38. The van der Waals surface area contributed by atoms with E-state index in [9.17, 15) is 4.79 Å². The highest BCUT2D eigenvalue weighted by Gasteiger charge is 2.34. The van der Waals surface area contributed by atoms with Crippen molar-refractivity contribution in [2.45, 2.75) is 13.0 Å². The van der Waals surface area contributed by atoms with Gasteiger partial charge in [-0.05, 0) is 47.4 Å². The van der Waals surface area contributed by atoms with Gasteiger partial charge in [-0.15, -0.1) is 0 Å². The molecule has 4 aromatic rings. The average molecular weight is 485 g/mol. The van der Waals surface area contributed by atoms with Gasteiger partial charge in [-0.1, -0.05) is 59.9 Å². The van der Waals surface area contributed by atoms with Crippen LogP contribution in [0.15, 0.2) is 66.7 Å². The van der Waals surface area contributed by atoms with Gasteiger partial charge in [-0.3, -0.25) is 14.6 Å². The standard InChI is InChI=1S/C28H28N4O2S/c1-2-34-19-11-12-24-25(17-19)35-28(29-24)30-26(33)18-31-13-15-32(16-14-31)27-22-9-5-3-7-20(22)21-8-4-6-10-23(21)27/h3-12,17,27H,2,13-16,18H2,1H3,(H,29,30,33). The van der Waals surface area contributed by atoms with Crippen molar-refractivity contribution in [1.82, 2.24) is 14.8 Å². The Balaban J connectivity index is 1.08. The minimum atomic E-state index is -0.0147. The number of anilines is 1. The smallest absolute Gasteiger partial charge is 0.240 e. The summed E-state index contributed by atoms with van der Waals surface area (Å²) in [5.41, 5.74) is 6.35. The predicted molar refractivity (Wildman–Crippen MR) is 141 cm³/mol. The minimum Gasteiger partial charge on any atom is -0.494 e. The Bertz CT molecular complexity index is 1330. The molecule has 1 saturated heterocycles. The van der Waals surface area contributed by atoms with E-state index in [1.54, 1.807) is 0 Å². The lowest BCUT2D eigenvalue weighted by molar-refractivity contribution is -0.117. The maximum atomic E-state index is 12.8. The molecule has 1 amide bonds. The van der Waals surface area contributed by atoms with Crippen LogP contribution in [0.1, 0.15) is 24.1 Å². The van der Waals surface area contributed by atoms with Crippen LogP contribution >= 0.6 is 11.3 Å². The average Bonchev–Trinajstić information content (AvgIpc) is 3.43. The molecule has 178 valence electrons. The molecule has 0 atom stereocenters. The van der Waals surface area contributed by atoms with Crippen LogP contribution < -0.4 is 10.1 Å². The molecular formula is C28H28N4O2S. The van der Waals surface area contributed by atoms with E-state index in [0.717, 1.165) is 42.1 Å². The van der Waals surface area contributed by atoms with Crippen molar-refractivity contribution >= 4 is 32.6 Å². The van der Waals surface area contributed by atoms with Crippen molar-refractivity contribution in [1.29, 1.82) is 0 Å². The first-order valence-electron chi connectivity index (χ1n) is 12.2. The number of nitrogens with zero attached hydrogens (tertiary/aromatic N) is 3. The summed E-state index contributed by atoms with van der Waals surface area (Å²) < 4.78 is 6.58. The maximum absolute atomic E-state index is 12.8. The van der Waals surface area contributed by atoms with E-state index in [2.05, 4.69) is 68.6 Å². The number of hydrogen-bond donors (Lipinski definition) is 1. The fourth-order valence-electron chi connectivity index (χ4n) is 5.28. The molecule has 0 bridgehead atoms. The number of fused-ring (bicyclic) bond motifs is 4. The van der Waals surface area contributed by atoms with Crippen molar-refractivity contribution in [2.75, 3.05) is 44.6 Å². The normalized spacial score (nSPS) is 16.3. The molecule has 1 aliphatic carbocycles. The first-order valence-corrected chi connectivity index (χ1v) is 13.0. The molecule has 6 nitrogen and oxygen atoms in total. The molecule has 1 aromatic heterocycles. The Morgan fingerprint density at radius 3 is 2.37 bits per heavy atom. The van der Waals surface area contributed by atoms with Gasteiger partial charge in [0.15, 0.2) is 5.13 Å². The number of carbonyl (C=O) groups excluding carboxylic acids is 1. The van der Waals surface area contributed by atoms with E-state index in [1.165, 1.54) is 33.6 Å². The zero-order chi connectivity index (χ0) is 23.8. The fraction of sp³-hybridized carbons (Fsp3) is 0.286. The van der Waals surface area contributed by atoms with E-state index >= 15 is 0 Å². The second-order valence-electron chi connectivity index (χ2n) is 9.02. The number of benzene rings is 3. The second kappa shape index (κ2) is 9.41. The molecule has 2 heterocycles. The molecule has 0 unspecified atom stereocenters. The van der Waals surface area contributed by atoms with Crippen LogP contribution in [0, 0.1) is 0 Å². The number of aromatic nitrogens is 1. The molecule has 35 heavy (non-hydrogen) atoms. The van der Waals surface area contributed by atoms with E-state index in [4.69, 9.17) is 4.74 Å². The molecule has 7 heteroatoms. The fourth-order valence-corrected chi connectivity index (χ4v) is 6.19. The van der Waals surface area contributed by atoms with Crippen LogP contribution in [-0.2, 0) is 4.79 Å². The van der Waals surface area contributed by atoms with Gasteiger partial charge in [0.1, 0.15) is 5.75 Å². The highest BCUT2D eigenvalue weighted by atomic mass is 32.1. The van der Waals surface area contributed by atoms with Gasteiger partial charge in [0.2, 0.25) is 5.91 Å². The number of ether oxygens (including phenoxy) is 1. The molecular weight excluding hydrogens is 456 g/mol. The summed E-state index contributed by atoms with van der Waals surface area (Å²) in [6, 6.07) is 23.6. The molecule has 0 saturated carbocycles. The van der Waals surface area contributed by atoms with E-state index in [-0.39, 0.29) is 5.91 Å². The third-order valence-corrected chi connectivity index (χ3v) is 7.79. The Hall–Kier alpha value is -3.26. The van der Waals surface area contributed by atoms with Gasteiger partial charge >= 0.3 is 0 Å². The quantitative estimate of drug-likeness (QED) is 0.416. The first kappa shape index (κ1) is 22.2. The second-order valence-corrected chi connectivity index (χ2v) is 10.0. The number of hydrogen-bond acceptors (Lipinski definition) is 6. The summed E-state index contributed by atoms with van der Waals surface area (Å²) >= 11 is 1.48. The zero-order valence-corrected chi connectivity index (χ0v) is 20.6. The number of carbonyl (C=O) groups is 1. The third-order valence-electron chi connectivity index (χ3n) is 6.86. The number of thiazole rings is 1. The summed E-state index contributed by atoms with van der Waals surface area (Å²) in [5, 5.41) is 3.63. The van der Waals surface area contributed by atoms with Gasteiger partial charge in [0, 0.05) is 26.2 Å². The number of amides is 1. The third kappa shape index (κ3) is 4.31. The van der Waals surface area contributed by atoms with Gasteiger partial charge in [0.25, 0.3) is 0 Å². The number of nitrogens with one attached hydrogen (secondary N) is 1. The predicted octanol–water partition coefficient (Wildman–Crippen LogP) is 5.02. The van der Waals surface area contributed by atoms with E-state index < -0.39 is 0 Å². The summed E-state index contributed by atoms with van der Waals surface area (Å²) in [5.74, 6) is 0.811. The Morgan fingerprint density at radius 1 is 1.00 bits per heavy atom. The molecule has 1 N–H and O–H groups in total. The molecule has 3 aromatic carbocycles. The molecule has 1 aliphatic heterocycles. The van der Waals surface area contributed by atoms with Crippen molar-refractivity contribution < 1.29 is 9.53 Å². The van der Waals surface area contributed by atoms with Crippen LogP contribution in [0.2, 0.25) is 0 Å². The largest absolute Gasteiger partial charge is 0.494 e. The molecule has 6 rings (SSSR count). The summed E-state index contributed by atoms with van der Waals surface area (Å²) in [4.78, 5) is 22.1. The lowest BCUT2D eigenvalue weighted by atomic mass is 10.0. The van der Waals surface area contributed by atoms with Crippen molar-refractivity contribution in [3.63, 3.8) is 0 Å². The summed E-state index contributed by atoms with van der Waals surface area (Å²) in [6.45, 7) is 6.57. The summed E-state index contributed by atoms with van der Waals surface area (Å²) in [7, 11) is 0. The topological polar surface area (TPSA) is 57.7 Å². The van der Waals surface area contributed by atoms with E-state index in [1.807, 2.05) is 25.1 Å². The zero-order valence-electron chi connectivity index (χ0n) is 19.7. The maximum Gasteiger partial charge on any atom is 0.240 e. The van der Waals surface area contributed by atoms with Crippen LogP contribution in [-0.4, -0.2) is 60.0 Å². The Labute approximate surface area is 209 Å². The van der Waals surface area contributed by atoms with Gasteiger partial charge < -0.3 is 10.1 Å². The summed E-state index contributed by atoms with van der Waals surface area (Å²) in [6.07, 6.45) is 0. The number of rotatable bonds is 6. The molecule has 2 aliphatic rings. The van der Waals surface area contributed by atoms with Gasteiger partial charge in [-0.25, -0.2) is 4.98 Å². The molecule has 0 radical (unpaired) electrons. The molecule has 0 spiro atoms. The van der Waals surface area contributed by atoms with Gasteiger partial charge in [-0.2, -0.15) is 0 Å². The van der Waals surface area contributed by atoms with Crippen LogP contribution in [0.3, 0.4) is 0 Å². The van der Waals surface area contributed by atoms with E-state index in [0.29, 0.717) is 24.3 Å². The Morgan fingerprint density at radius 2 is 1.69 bits per heavy atom. The minimum absolute atomic E-state index is 0.0147. The van der Waals surface area contributed by atoms with Crippen molar-refractivity contribution in [3.05, 3.63) is 77.9 Å². The van der Waals surface area contributed by atoms with Crippen LogP contribution in [0.25, 0.3) is 21.3 Å². The van der Waals surface area contributed by atoms with Crippen molar-refractivity contribution in [2.24, 2.45) is 0 Å². The monoisotopic (exact) mass is 484 g/mol. The van der Waals surface area contributed by atoms with Crippen LogP contribution in [0.5, 0.6) is 5.75 Å². The highest BCUT2D eigenvalue weighted by molar-refractivity contribution is 7.22. The van der Waals surface area contributed by atoms with Crippen molar-refractivity contribution in [3.8, 4) is 16.9 Å². The number of piperazine rings is 1. The SMILES string of the molecule is CCOc1ccc2nc(NC(=O)CN3CCN(C4c5ccccc5-c5ccccc54)CC3)sc2c1. The lowest BCUT2D eigenvalue weighted by Crippen LogP contribution is -2.49.